The van der Waals surface area contributed by atoms with Crippen LogP contribution >= 0.6 is 11.6 Å². The van der Waals surface area contributed by atoms with E-state index in [0.717, 1.165) is 0 Å². The Morgan fingerprint density at radius 2 is 2.08 bits per heavy atom. The number of carbonyl (C=O) groups excluding carboxylic acids is 2. The van der Waals surface area contributed by atoms with Gasteiger partial charge in [-0.1, -0.05) is 23.7 Å². The third-order valence-corrected chi connectivity index (χ3v) is 4.02. The van der Waals surface area contributed by atoms with Gasteiger partial charge < -0.3 is 15.1 Å². The van der Waals surface area contributed by atoms with E-state index in [-0.39, 0.29) is 12.5 Å². The van der Waals surface area contributed by atoms with Crippen molar-refractivity contribution >= 4 is 23.4 Å². The summed E-state index contributed by atoms with van der Waals surface area (Å²) in [6.45, 7) is 1.87. The summed E-state index contributed by atoms with van der Waals surface area (Å²) in [6, 6.07) is 9.96. The molecule has 0 aliphatic heterocycles. The van der Waals surface area contributed by atoms with Gasteiger partial charge in [-0.25, -0.2) is 4.68 Å². The maximum atomic E-state index is 12.3. The highest BCUT2D eigenvalue weighted by Crippen LogP contribution is 2.19. The van der Waals surface area contributed by atoms with Gasteiger partial charge in [0, 0.05) is 6.20 Å². The van der Waals surface area contributed by atoms with Gasteiger partial charge in [0.15, 0.2) is 0 Å². The monoisotopic (exact) mass is 372 g/mol. The van der Waals surface area contributed by atoms with Crippen molar-refractivity contribution in [2.24, 2.45) is 0 Å². The Hall–Kier alpha value is -3.06. The minimum atomic E-state index is -0.707. The molecule has 0 aliphatic carbocycles. The Bertz CT molecular complexity index is 905. The zero-order valence-electron chi connectivity index (χ0n) is 14.0. The fraction of sp³-hybridized carbons (Fsp3) is 0.167. The Morgan fingerprint density at radius 1 is 1.27 bits per heavy atom. The SMILES string of the molecule is CC(NC(=O)c1cnn(-c2ccccc2Cl)c1)C(=O)NCc1ccco1. The summed E-state index contributed by atoms with van der Waals surface area (Å²) in [7, 11) is 0. The summed E-state index contributed by atoms with van der Waals surface area (Å²) in [5.74, 6) is -0.0740. The number of para-hydroxylation sites is 1. The lowest BCUT2D eigenvalue weighted by Gasteiger charge is -2.12. The number of carbonyl (C=O) groups is 2. The molecule has 134 valence electrons. The molecule has 2 amide bonds. The van der Waals surface area contributed by atoms with Crippen molar-refractivity contribution in [1.82, 2.24) is 20.4 Å². The summed E-state index contributed by atoms with van der Waals surface area (Å²) in [4.78, 5) is 24.4. The van der Waals surface area contributed by atoms with Crippen molar-refractivity contribution in [2.75, 3.05) is 0 Å². The quantitative estimate of drug-likeness (QED) is 0.696. The molecule has 0 radical (unpaired) electrons. The van der Waals surface area contributed by atoms with E-state index in [1.165, 1.54) is 17.1 Å². The molecule has 2 heterocycles. The fourth-order valence-corrected chi connectivity index (χ4v) is 2.52. The zero-order chi connectivity index (χ0) is 18.5. The second kappa shape index (κ2) is 7.88. The molecule has 0 spiro atoms. The molecule has 0 bridgehead atoms. The number of hydrogen-bond acceptors (Lipinski definition) is 4. The number of benzene rings is 1. The largest absolute Gasteiger partial charge is 0.467 e. The number of halogens is 1. The van der Waals surface area contributed by atoms with Crippen LogP contribution in [0.4, 0.5) is 0 Å². The van der Waals surface area contributed by atoms with Gasteiger partial charge in [-0.15, -0.1) is 0 Å². The zero-order valence-corrected chi connectivity index (χ0v) is 14.7. The summed E-state index contributed by atoms with van der Waals surface area (Å²) < 4.78 is 6.66. The van der Waals surface area contributed by atoms with Crippen LogP contribution in [0.5, 0.6) is 0 Å². The van der Waals surface area contributed by atoms with Crippen LogP contribution in [0.3, 0.4) is 0 Å². The fourth-order valence-electron chi connectivity index (χ4n) is 2.30. The average Bonchev–Trinajstić information content (AvgIpc) is 3.31. The summed E-state index contributed by atoms with van der Waals surface area (Å²) in [6.07, 6.45) is 4.51. The Labute approximate surface area is 154 Å². The molecule has 0 aliphatic rings. The molecule has 1 aromatic carbocycles. The number of rotatable bonds is 6. The molecule has 0 fully saturated rings. The summed E-state index contributed by atoms with van der Waals surface area (Å²) in [5, 5.41) is 10.0. The van der Waals surface area contributed by atoms with E-state index < -0.39 is 11.9 Å². The van der Waals surface area contributed by atoms with Crippen LogP contribution in [0.15, 0.2) is 59.5 Å². The van der Waals surface area contributed by atoms with Crippen molar-refractivity contribution < 1.29 is 14.0 Å². The minimum absolute atomic E-state index is 0.260. The Kier molecular flexibility index (Phi) is 5.38. The maximum absolute atomic E-state index is 12.3. The third-order valence-electron chi connectivity index (χ3n) is 3.70. The van der Waals surface area contributed by atoms with E-state index >= 15 is 0 Å². The highest BCUT2D eigenvalue weighted by molar-refractivity contribution is 6.32. The van der Waals surface area contributed by atoms with Crippen LogP contribution in [-0.4, -0.2) is 27.6 Å². The molecule has 2 N–H and O–H groups in total. The summed E-state index contributed by atoms with van der Waals surface area (Å²) in [5.41, 5.74) is 0.994. The topological polar surface area (TPSA) is 89.2 Å². The van der Waals surface area contributed by atoms with Gasteiger partial charge in [0.05, 0.1) is 35.3 Å². The lowest BCUT2D eigenvalue weighted by atomic mass is 10.2. The van der Waals surface area contributed by atoms with Gasteiger partial charge in [0.1, 0.15) is 11.8 Å². The van der Waals surface area contributed by atoms with Gasteiger partial charge in [0.2, 0.25) is 5.91 Å². The number of nitrogens with one attached hydrogen (secondary N) is 2. The number of aromatic nitrogens is 2. The Balaban J connectivity index is 1.59. The molecule has 1 atom stereocenters. The maximum Gasteiger partial charge on any atom is 0.255 e. The van der Waals surface area contributed by atoms with Crippen molar-refractivity contribution in [3.63, 3.8) is 0 Å². The molecule has 8 heteroatoms. The molecule has 3 aromatic rings. The number of furan rings is 1. The van der Waals surface area contributed by atoms with Crippen molar-refractivity contribution in [3.05, 3.63) is 71.4 Å². The average molecular weight is 373 g/mol. The predicted molar refractivity (Wildman–Crippen MR) is 96.1 cm³/mol. The first-order valence-electron chi connectivity index (χ1n) is 7.95. The third kappa shape index (κ3) is 4.12. The van der Waals surface area contributed by atoms with Gasteiger partial charge in [-0.2, -0.15) is 5.10 Å². The van der Waals surface area contributed by atoms with Crippen LogP contribution in [0.1, 0.15) is 23.0 Å². The molecular formula is C18H17ClN4O3. The van der Waals surface area contributed by atoms with Crippen LogP contribution in [0.25, 0.3) is 5.69 Å². The second-order valence-electron chi connectivity index (χ2n) is 5.62. The van der Waals surface area contributed by atoms with E-state index in [0.29, 0.717) is 22.0 Å². The lowest BCUT2D eigenvalue weighted by Crippen LogP contribution is -2.44. The van der Waals surface area contributed by atoms with Crippen molar-refractivity contribution in [3.8, 4) is 5.69 Å². The van der Waals surface area contributed by atoms with E-state index in [4.69, 9.17) is 16.0 Å². The van der Waals surface area contributed by atoms with Crippen LogP contribution in [0.2, 0.25) is 5.02 Å². The van der Waals surface area contributed by atoms with E-state index in [9.17, 15) is 9.59 Å². The van der Waals surface area contributed by atoms with Gasteiger partial charge in [0.25, 0.3) is 5.91 Å². The Morgan fingerprint density at radius 3 is 2.81 bits per heavy atom. The first-order valence-corrected chi connectivity index (χ1v) is 8.33. The molecule has 7 nitrogen and oxygen atoms in total. The van der Waals surface area contributed by atoms with Crippen LogP contribution in [0, 0.1) is 0 Å². The normalized spacial score (nSPS) is 11.8. The standard InChI is InChI=1S/C18H17ClN4O3/c1-12(17(24)20-10-14-5-4-8-26-14)22-18(25)13-9-21-23(11-13)16-7-3-2-6-15(16)19/h2-9,11-12H,10H2,1H3,(H,20,24)(H,22,25). The van der Waals surface area contributed by atoms with E-state index in [2.05, 4.69) is 15.7 Å². The first kappa shape index (κ1) is 17.8. The second-order valence-corrected chi connectivity index (χ2v) is 6.02. The number of nitrogens with zero attached hydrogens (tertiary/aromatic N) is 2. The molecule has 1 unspecified atom stereocenters. The van der Waals surface area contributed by atoms with Crippen LogP contribution in [-0.2, 0) is 11.3 Å². The van der Waals surface area contributed by atoms with Gasteiger partial charge in [-0.3, -0.25) is 9.59 Å². The van der Waals surface area contributed by atoms with E-state index in [1.807, 2.05) is 12.1 Å². The highest BCUT2D eigenvalue weighted by Gasteiger charge is 2.18. The predicted octanol–water partition coefficient (Wildman–Crippen LogP) is 2.55. The van der Waals surface area contributed by atoms with Crippen molar-refractivity contribution in [2.45, 2.75) is 19.5 Å². The van der Waals surface area contributed by atoms with E-state index in [1.54, 1.807) is 37.4 Å². The molecule has 2 aromatic heterocycles. The lowest BCUT2D eigenvalue weighted by molar-refractivity contribution is -0.122. The highest BCUT2D eigenvalue weighted by atomic mass is 35.5. The van der Waals surface area contributed by atoms with Crippen LogP contribution < -0.4 is 10.6 Å². The van der Waals surface area contributed by atoms with Gasteiger partial charge >= 0.3 is 0 Å². The molecule has 26 heavy (non-hydrogen) atoms. The molecule has 0 saturated heterocycles. The smallest absolute Gasteiger partial charge is 0.255 e. The summed E-state index contributed by atoms with van der Waals surface area (Å²) >= 11 is 6.13. The molecule has 3 rings (SSSR count). The molecule has 0 saturated carbocycles. The first-order chi connectivity index (χ1) is 12.5. The van der Waals surface area contributed by atoms with Gasteiger partial charge in [-0.05, 0) is 31.2 Å². The number of hydrogen-bond donors (Lipinski definition) is 2. The minimum Gasteiger partial charge on any atom is -0.467 e. The number of amides is 2. The molecular weight excluding hydrogens is 356 g/mol. The van der Waals surface area contributed by atoms with Crippen molar-refractivity contribution in [1.29, 1.82) is 0 Å².